The van der Waals surface area contributed by atoms with Gasteiger partial charge in [-0.2, -0.15) is 0 Å². The van der Waals surface area contributed by atoms with E-state index in [0.717, 1.165) is 11.1 Å². The molecule has 45 heavy (non-hydrogen) atoms. The molecule has 0 aliphatic rings. The first-order valence-corrected chi connectivity index (χ1v) is 14.8. The van der Waals surface area contributed by atoms with Gasteiger partial charge in [-0.05, 0) is 42.0 Å². The molecule has 0 heterocycles. The SMILES string of the molecule is CNC(=O)[C@H](Cc1ccc(OCCC(=O)O)cc1)NC(=O)[C@H](CC(C)C)N[C@H](CCNC(=O)OCc1ccccc1)C(=O)OC. The zero-order valence-corrected chi connectivity index (χ0v) is 26.2. The van der Waals surface area contributed by atoms with Gasteiger partial charge in [0.1, 0.15) is 24.4 Å². The van der Waals surface area contributed by atoms with Crippen molar-refractivity contribution >= 4 is 29.8 Å². The van der Waals surface area contributed by atoms with Gasteiger partial charge >= 0.3 is 18.0 Å². The number of carboxylic acid groups (broad SMARTS) is 1. The fourth-order valence-electron chi connectivity index (χ4n) is 4.34. The standard InChI is InChI=1S/C32H44N4O9/c1-21(2)18-26(35-25(31(41)43-4)14-16-34-32(42)45-20-23-8-6-5-7-9-23)30(40)36-27(29(39)33-3)19-22-10-12-24(13-11-22)44-17-15-28(37)38/h5-13,21,25-27,35H,14-20H2,1-4H3,(H,33,39)(H,34,42)(H,36,40)(H,37,38)/t25-,26+,27+/m1/s1. The quantitative estimate of drug-likeness (QED) is 0.145. The molecule has 0 saturated heterocycles. The average Bonchev–Trinajstić information content (AvgIpc) is 3.02. The molecule has 0 fully saturated rings. The maximum Gasteiger partial charge on any atom is 0.407 e. The number of amides is 3. The van der Waals surface area contributed by atoms with Crippen LogP contribution in [0.4, 0.5) is 4.79 Å². The van der Waals surface area contributed by atoms with Crippen molar-refractivity contribution in [2.45, 2.75) is 64.3 Å². The van der Waals surface area contributed by atoms with Crippen LogP contribution in [0.3, 0.4) is 0 Å². The Labute approximate surface area is 263 Å². The summed E-state index contributed by atoms with van der Waals surface area (Å²) < 4.78 is 15.6. The Kier molecular flexibility index (Phi) is 15.9. The number of esters is 1. The molecule has 13 nitrogen and oxygen atoms in total. The molecule has 0 bridgehead atoms. The number of carbonyl (C=O) groups is 5. The lowest BCUT2D eigenvalue weighted by Crippen LogP contribution is -2.56. The van der Waals surface area contributed by atoms with Crippen LogP contribution in [-0.2, 0) is 41.7 Å². The smallest absolute Gasteiger partial charge is 0.407 e. The van der Waals surface area contributed by atoms with Gasteiger partial charge in [0, 0.05) is 20.0 Å². The second-order valence-corrected chi connectivity index (χ2v) is 10.7. The third kappa shape index (κ3) is 14.1. The maximum absolute atomic E-state index is 13.5. The predicted molar refractivity (Wildman–Crippen MR) is 165 cm³/mol. The topological polar surface area (TPSA) is 181 Å². The summed E-state index contributed by atoms with van der Waals surface area (Å²) in [4.78, 5) is 61.7. The Morgan fingerprint density at radius 1 is 0.867 bits per heavy atom. The highest BCUT2D eigenvalue weighted by Gasteiger charge is 2.30. The Balaban J connectivity index is 2.03. The third-order valence-corrected chi connectivity index (χ3v) is 6.65. The zero-order valence-electron chi connectivity index (χ0n) is 26.2. The molecule has 3 amide bonds. The van der Waals surface area contributed by atoms with Gasteiger partial charge in [0.2, 0.25) is 11.8 Å². The summed E-state index contributed by atoms with van der Waals surface area (Å²) in [5.41, 5.74) is 1.57. The van der Waals surface area contributed by atoms with Crippen molar-refractivity contribution < 1.29 is 43.3 Å². The van der Waals surface area contributed by atoms with E-state index in [1.807, 2.05) is 44.2 Å². The summed E-state index contributed by atoms with van der Waals surface area (Å²) in [6, 6.07) is 13.3. The lowest BCUT2D eigenvalue weighted by atomic mass is 10.00. The van der Waals surface area contributed by atoms with Gasteiger partial charge in [-0.1, -0.05) is 56.3 Å². The van der Waals surface area contributed by atoms with Crippen LogP contribution in [-0.4, -0.2) is 80.4 Å². The first kappa shape index (κ1) is 36.5. The molecule has 0 saturated carbocycles. The number of rotatable bonds is 19. The molecular weight excluding hydrogens is 584 g/mol. The molecule has 3 atom stereocenters. The number of aliphatic carboxylic acids is 1. The summed E-state index contributed by atoms with van der Waals surface area (Å²) in [6.45, 7) is 4.05. The van der Waals surface area contributed by atoms with E-state index in [9.17, 15) is 24.0 Å². The van der Waals surface area contributed by atoms with E-state index in [2.05, 4.69) is 21.3 Å². The maximum atomic E-state index is 13.5. The summed E-state index contributed by atoms with van der Waals surface area (Å²) in [7, 11) is 2.70. The molecule has 2 rings (SSSR count). The molecule has 0 unspecified atom stereocenters. The zero-order chi connectivity index (χ0) is 33.2. The molecule has 2 aromatic carbocycles. The first-order valence-electron chi connectivity index (χ1n) is 14.8. The number of carbonyl (C=O) groups excluding carboxylic acids is 4. The lowest BCUT2D eigenvalue weighted by Gasteiger charge is -2.27. The molecule has 246 valence electrons. The van der Waals surface area contributed by atoms with E-state index in [0.29, 0.717) is 12.2 Å². The van der Waals surface area contributed by atoms with E-state index >= 15 is 0 Å². The fourth-order valence-corrected chi connectivity index (χ4v) is 4.34. The van der Waals surface area contributed by atoms with Crippen molar-refractivity contribution in [3.8, 4) is 5.75 Å². The number of carboxylic acids is 1. The van der Waals surface area contributed by atoms with Crippen LogP contribution < -0.4 is 26.0 Å². The predicted octanol–water partition coefficient (Wildman–Crippen LogP) is 2.18. The number of hydrogen-bond donors (Lipinski definition) is 5. The number of methoxy groups -OCH3 is 1. The van der Waals surface area contributed by atoms with Gasteiger partial charge in [0.25, 0.3) is 0 Å². The van der Waals surface area contributed by atoms with Crippen LogP contribution in [0.1, 0.15) is 44.2 Å². The van der Waals surface area contributed by atoms with Gasteiger partial charge in [-0.15, -0.1) is 0 Å². The van der Waals surface area contributed by atoms with Crippen molar-refractivity contribution in [3.05, 3.63) is 65.7 Å². The lowest BCUT2D eigenvalue weighted by molar-refractivity contribution is -0.144. The molecule has 5 N–H and O–H groups in total. The molecule has 0 radical (unpaired) electrons. The van der Waals surface area contributed by atoms with E-state index in [1.54, 1.807) is 24.3 Å². The van der Waals surface area contributed by atoms with E-state index in [1.165, 1.54) is 14.2 Å². The average molecular weight is 629 g/mol. The van der Waals surface area contributed by atoms with Gasteiger partial charge in [-0.3, -0.25) is 24.5 Å². The van der Waals surface area contributed by atoms with Gasteiger partial charge < -0.3 is 35.3 Å². The third-order valence-electron chi connectivity index (χ3n) is 6.65. The molecule has 0 aliphatic carbocycles. The largest absolute Gasteiger partial charge is 0.493 e. The molecule has 2 aromatic rings. The number of ether oxygens (including phenoxy) is 3. The molecule has 0 aliphatic heterocycles. The van der Waals surface area contributed by atoms with E-state index < -0.39 is 48.0 Å². The van der Waals surface area contributed by atoms with Crippen LogP contribution in [0.5, 0.6) is 5.75 Å². The molecular formula is C32H44N4O9. The number of alkyl carbamates (subject to hydrolysis) is 1. The highest BCUT2D eigenvalue weighted by molar-refractivity contribution is 5.90. The van der Waals surface area contributed by atoms with E-state index in [4.69, 9.17) is 19.3 Å². The van der Waals surface area contributed by atoms with Crippen LogP contribution in [0, 0.1) is 5.92 Å². The Morgan fingerprint density at radius 2 is 1.56 bits per heavy atom. The number of hydrogen-bond acceptors (Lipinski definition) is 9. The fraction of sp³-hybridized carbons (Fsp3) is 0.469. The second-order valence-electron chi connectivity index (χ2n) is 10.7. The van der Waals surface area contributed by atoms with Crippen molar-refractivity contribution in [1.82, 2.24) is 21.3 Å². The summed E-state index contributed by atoms with van der Waals surface area (Å²) in [5, 5.41) is 19.8. The van der Waals surface area contributed by atoms with Crippen molar-refractivity contribution in [3.63, 3.8) is 0 Å². The Morgan fingerprint density at radius 3 is 2.16 bits per heavy atom. The van der Waals surface area contributed by atoms with Crippen molar-refractivity contribution in [1.29, 1.82) is 0 Å². The van der Waals surface area contributed by atoms with Gasteiger partial charge in [0.05, 0.1) is 26.2 Å². The second kappa shape index (κ2) is 19.6. The monoisotopic (exact) mass is 628 g/mol. The first-order chi connectivity index (χ1) is 21.5. The van der Waals surface area contributed by atoms with E-state index in [-0.39, 0.29) is 44.9 Å². The minimum Gasteiger partial charge on any atom is -0.493 e. The number of benzene rings is 2. The minimum atomic E-state index is -0.963. The normalized spacial score (nSPS) is 12.7. The summed E-state index contributed by atoms with van der Waals surface area (Å²) >= 11 is 0. The van der Waals surface area contributed by atoms with Crippen molar-refractivity contribution in [2.24, 2.45) is 5.92 Å². The van der Waals surface area contributed by atoms with Crippen LogP contribution >= 0.6 is 0 Å². The van der Waals surface area contributed by atoms with Crippen LogP contribution in [0.25, 0.3) is 0 Å². The minimum absolute atomic E-state index is 0.0246. The Bertz CT molecular complexity index is 1240. The highest BCUT2D eigenvalue weighted by Crippen LogP contribution is 2.15. The number of nitrogens with one attached hydrogen (secondary N) is 4. The Hall–Kier alpha value is -4.65. The van der Waals surface area contributed by atoms with Crippen LogP contribution in [0.2, 0.25) is 0 Å². The molecule has 13 heteroatoms. The van der Waals surface area contributed by atoms with Gasteiger partial charge in [0.15, 0.2) is 0 Å². The molecule has 0 spiro atoms. The molecule has 0 aromatic heterocycles. The summed E-state index contributed by atoms with van der Waals surface area (Å²) in [6.07, 6.45) is -0.131. The van der Waals surface area contributed by atoms with Crippen molar-refractivity contribution in [2.75, 3.05) is 27.3 Å². The highest BCUT2D eigenvalue weighted by atomic mass is 16.5. The van der Waals surface area contributed by atoms with Gasteiger partial charge in [-0.25, -0.2) is 4.79 Å². The van der Waals surface area contributed by atoms with Crippen LogP contribution in [0.15, 0.2) is 54.6 Å². The number of likely N-dealkylation sites (N-methyl/N-ethyl adjacent to an activating group) is 1. The summed E-state index contributed by atoms with van der Waals surface area (Å²) in [5.74, 6) is -1.91.